The second-order valence-corrected chi connectivity index (χ2v) is 6.37. The Morgan fingerprint density at radius 3 is 2.33 bits per heavy atom. The van der Waals surface area contributed by atoms with Crippen LogP contribution in [0.4, 0.5) is 0 Å². The summed E-state index contributed by atoms with van der Waals surface area (Å²) in [5, 5.41) is 2.83. The average molecular weight is 368 g/mol. The fourth-order valence-electron chi connectivity index (χ4n) is 2.93. The third kappa shape index (κ3) is 5.84. The molecule has 0 fully saturated rings. The predicted octanol–water partition coefficient (Wildman–Crippen LogP) is 3.32. The molecule has 1 N–H and O–H groups in total. The molecule has 0 aliphatic carbocycles. The minimum Gasteiger partial charge on any atom is -0.484 e. The third-order valence-electron chi connectivity index (χ3n) is 4.44. The van der Waals surface area contributed by atoms with Crippen LogP contribution in [-0.2, 0) is 16.1 Å². The fraction of sp³-hybridized carbons (Fsp3) is 0.364. The number of hydrogen-bond donors (Lipinski definition) is 1. The van der Waals surface area contributed by atoms with Crippen molar-refractivity contribution in [3.05, 3.63) is 65.7 Å². The number of nitrogens with zero attached hydrogens (tertiary/aromatic N) is 1. The largest absolute Gasteiger partial charge is 0.484 e. The quantitative estimate of drug-likeness (QED) is 0.739. The second-order valence-electron chi connectivity index (χ2n) is 6.37. The van der Waals surface area contributed by atoms with Crippen molar-refractivity contribution < 1.29 is 14.3 Å². The zero-order valence-electron chi connectivity index (χ0n) is 16.3. The number of aryl methyl sites for hydroxylation is 1. The van der Waals surface area contributed by atoms with E-state index in [0.29, 0.717) is 25.3 Å². The smallest absolute Gasteiger partial charge is 0.261 e. The van der Waals surface area contributed by atoms with Gasteiger partial charge in [-0.25, -0.2) is 0 Å². The predicted molar refractivity (Wildman–Crippen MR) is 106 cm³/mol. The number of benzene rings is 2. The molecule has 0 aromatic heterocycles. The van der Waals surface area contributed by atoms with E-state index in [-0.39, 0.29) is 18.4 Å². The van der Waals surface area contributed by atoms with Crippen LogP contribution in [0.2, 0.25) is 0 Å². The molecular formula is C22H28N2O3. The summed E-state index contributed by atoms with van der Waals surface area (Å²) >= 11 is 0. The van der Waals surface area contributed by atoms with Gasteiger partial charge in [-0.2, -0.15) is 0 Å². The molecule has 2 aromatic carbocycles. The summed E-state index contributed by atoms with van der Waals surface area (Å²) in [4.78, 5) is 27.1. The van der Waals surface area contributed by atoms with Crippen LogP contribution in [0.5, 0.6) is 5.75 Å². The summed E-state index contributed by atoms with van der Waals surface area (Å²) in [5.74, 6) is 0.287. The Bertz CT molecular complexity index is 746. The van der Waals surface area contributed by atoms with Crippen molar-refractivity contribution in [2.24, 2.45) is 0 Å². The number of likely N-dealkylation sites (N-methyl/N-ethyl adjacent to an activating group) is 1. The molecule has 0 saturated heterocycles. The molecule has 0 aliphatic heterocycles. The van der Waals surface area contributed by atoms with E-state index >= 15 is 0 Å². The second kappa shape index (κ2) is 10.4. The molecule has 5 nitrogen and oxygen atoms in total. The van der Waals surface area contributed by atoms with Gasteiger partial charge in [-0.05, 0) is 43.5 Å². The molecule has 0 aliphatic rings. The van der Waals surface area contributed by atoms with Crippen molar-refractivity contribution in [1.82, 2.24) is 10.2 Å². The first-order valence-corrected chi connectivity index (χ1v) is 9.36. The van der Waals surface area contributed by atoms with Crippen LogP contribution in [0.15, 0.2) is 54.6 Å². The minimum absolute atomic E-state index is 0.105. The van der Waals surface area contributed by atoms with Gasteiger partial charge in [-0.1, -0.05) is 49.4 Å². The number of carbonyl (C=O) groups is 2. The molecule has 2 aromatic rings. The van der Waals surface area contributed by atoms with Crippen LogP contribution < -0.4 is 10.1 Å². The zero-order valence-corrected chi connectivity index (χ0v) is 16.3. The van der Waals surface area contributed by atoms with E-state index in [2.05, 4.69) is 5.32 Å². The van der Waals surface area contributed by atoms with Gasteiger partial charge in [0.25, 0.3) is 5.91 Å². The summed E-state index contributed by atoms with van der Waals surface area (Å²) in [6.07, 6.45) is 0.536. The van der Waals surface area contributed by atoms with Crippen molar-refractivity contribution in [3.8, 4) is 5.75 Å². The highest BCUT2D eigenvalue weighted by molar-refractivity contribution is 5.88. The Morgan fingerprint density at radius 1 is 1.04 bits per heavy atom. The fourth-order valence-corrected chi connectivity index (χ4v) is 2.93. The molecule has 0 saturated carbocycles. The van der Waals surface area contributed by atoms with Gasteiger partial charge < -0.3 is 15.0 Å². The lowest BCUT2D eigenvalue weighted by atomic mass is 10.1. The average Bonchev–Trinajstić information content (AvgIpc) is 2.68. The van der Waals surface area contributed by atoms with E-state index in [1.165, 1.54) is 0 Å². The topological polar surface area (TPSA) is 58.6 Å². The van der Waals surface area contributed by atoms with Gasteiger partial charge in [-0.3, -0.25) is 9.59 Å². The maximum Gasteiger partial charge on any atom is 0.261 e. The molecule has 1 atom stereocenters. The lowest BCUT2D eigenvalue weighted by Gasteiger charge is -2.31. The number of para-hydroxylation sites is 1. The molecule has 2 amide bonds. The van der Waals surface area contributed by atoms with Gasteiger partial charge in [0.1, 0.15) is 11.8 Å². The molecule has 0 spiro atoms. The lowest BCUT2D eigenvalue weighted by molar-refractivity contribution is -0.142. The van der Waals surface area contributed by atoms with Crippen LogP contribution in [-0.4, -0.2) is 35.9 Å². The Morgan fingerprint density at radius 2 is 1.70 bits per heavy atom. The molecule has 27 heavy (non-hydrogen) atoms. The summed E-state index contributed by atoms with van der Waals surface area (Å²) in [5.41, 5.74) is 2.11. The van der Waals surface area contributed by atoms with Crippen molar-refractivity contribution in [2.45, 2.75) is 39.8 Å². The van der Waals surface area contributed by atoms with Crippen LogP contribution in [0.25, 0.3) is 0 Å². The zero-order chi connectivity index (χ0) is 19.6. The van der Waals surface area contributed by atoms with Gasteiger partial charge >= 0.3 is 0 Å². The van der Waals surface area contributed by atoms with Crippen LogP contribution in [0.1, 0.15) is 31.4 Å². The normalized spacial score (nSPS) is 11.5. The van der Waals surface area contributed by atoms with E-state index < -0.39 is 6.04 Å². The molecule has 1 unspecified atom stereocenters. The first-order valence-electron chi connectivity index (χ1n) is 9.36. The molecule has 0 bridgehead atoms. The Kier molecular flexibility index (Phi) is 7.86. The standard InChI is InChI=1S/C22H28N2O3/c1-4-20(22(26)23-5-2)24(15-18-12-10-9-11-17(18)3)21(25)16-27-19-13-7-6-8-14-19/h6-14,20H,4-5,15-16H2,1-3H3,(H,23,26). The lowest BCUT2D eigenvalue weighted by Crippen LogP contribution is -2.50. The maximum atomic E-state index is 13.0. The number of carbonyl (C=O) groups excluding carboxylic acids is 2. The minimum atomic E-state index is -0.531. The number of hydrogen-bond acceptors (Lipinski definition) is 3. The van der Waals surface area contributed by atoms with E-state index in [1.807, 2.05) is 63.2 Å². The molecular weight excluding hydrogens is 340 g/mol. The third-order valence-corrected chi connectivity index (χ3v) is 4.44. The number of amides is 2. The molecule has 0 heterocycles. The Hall–Kier alpha value is -2.82. The Balaban J connectivity index is 2.20. The SMILES string of the molecule is CCNC(=O)C(CC)N(Cc1ccccc1C)C(=O)COc1ccccc1. The van der Waals surface area contributed by atoms with E-state index in [0.717, 1.165) is 11.1 Å². The van der Waals surface area contributed by atoms with Crippen molar-refractivity contribution >= 4 is 11.8 Å². The highest BCUT2D eigenvalue weighted by Gasteiger charge is 2.28. The molecule has 5 heteroatoms. The summed E-state index contributed by atoms with van der Waals surface area (Å²) < 4.78 is 5.63. The Labute approximate surface area is 161 Å². The van der Waals surface area contributed by atoms with Crippen LogP contribution in [0.3, 0.4) is 0 Å². The van der Waals surface area contributed by atoms with Gasteiger partial charge in [-0.15, -0.1) is 0 Å². The van der Waals surface area contributed by atoms with Crippen LogP contribution in [0, 0.1) is 6.92 Å². The monoisotopic (exact) mass is 368 g/mol. The number of ether oxygens (including phenoxy) is 1. The highest BCUT2D eigenvalue weighted by atomic mass is 16.5. The summed E-state index contributed by atoms with van der Waals surface area (Å²) in [7, 11) is 0. The number of rotatable bonds is 9. The van der Waals surface area contributed by atoms with Crippen molar-refractivity contribution in [1.29, 1.82) is 0 Å². The van der Waals surface area contributed by atoms with Crippen molar-refractivity contribution in [2.75, 3.05) is 13.2 Å². The van der Waals surface area contributed by atoms with E-state index in [4.69, 9.17) is 4.74 Å². The van der Waals surface area contributed by atoms with Gasteiger partial charge in [0, 0.05) is 13.1 Å². The van der Waals surface area contributed by atoms with E-state index in [9.17, 15) is 9.59 Å². The van der Waals surface area contributed by atoms with Gasteiger partial charge in [0.2, 0.25) is 5.91 Å². The van der Waals surface area contributed by atoms with Crippen molar-refractivity contribution in [3.63, 3.8) is 0 Å². The van der Waals surface area contributed by atoms with Gasteiger partial charge in [0.05, 0.1) is 0 Å². The first-order chi connectivity index (χ1) is 13.1. The molecule has 144 valence electrons. The maximum absolute atomic E-state index is 13.0. The highest BCUT2D eigenvalue weighted by Crippen LogP contribution is 2.16. The first kappa shape index (κ1) is 20.5. The number of nitrogens with one attached hydrogen (secondary N) is 1. The molecule has 0 radical (unpaired) electrons. The summed E-state index contributed by atoms with van der Waals surface area (Å²) in [6, 6.07) is 16.6. The van der Waals surface area contributed by atoms with Gasteiger partial charge in [0.15, 0.2) is 6.61 Å². The summed E-state index contributed by atoms with van der Waals surface area (Å²) in [6.45, 7) is 6.59. The van der Waals surface area contributed by atoms with E-state index in [1.54, 1.807) is 17.0 Å². The molecule has 2 rings (SSSR count). The van der Waals surface area contributed by atoms with Crippen LogP contribution >= 0.6 is 0 Å².